The summed E-state index contributed by atoms with van der Waals surface area (Å²) >= 11 is 0. The maximum Gasteiger partial charge on any atom is 0.184 e. The molecule has 0 bridgehead atoms. The fourth-order valence-electron chi connectivity index (χ4n) is 4.10. The van der Waals surface area contributed by atoms with Gasteiger partial charge in [0.15, 0.2) is 14.6 Å². The van der Waals surface area contributed by atoms with Crippen LogP contribution >= 0.6 is 0 Å². The molecule has 2 atom stereocenters. The van der Waals surface area contributed by atoms with Gasteiger partial charge >= 0.3 is 0 Å². The maximum absolute atomic E-state index is 6.83. The van der Waals surface area contributed by atoms with Crippen molar-refractivity contribution in [3.8, 4) is 0 Å². The van der Waals surface area contributed by atoms with Crippen LogP contribution in [-0.4, -0.2) is 34.4 Å². The van der Waals surface area contributed by atoms with E-state index in [-0.39, 0.29) is 11.9 Å². The summed E-state index contributed by atoms with van der Waals surface area (Å²) < 4.78 is 17.8. The zero-order chi connectivity index (χ0) is 15.5. The van der Waals surface area contributed by atoms with E-state index in [2.05, 4.69) is 25.7 Å². The summed E-state index contributed by atoms with van der Waals surface area (Å²) in [7, 11) is 1.87. The Kier molecular flexibility index (Phi) is 5.69. The van der Waals surface area contributed by atoms with Crippen LogP contribution in [0, 0.1) is 5.92 Å². The number of methoxy groups -OCH3 is 2. The standard InChI is InChI=1S/C17H32O3Si/c1-18-16(19-2)13-15-11-8-12-17(15,20-21(3,4)5)14-9-6-7-10-14/h9,15-16H,6-8,10-13H2,1-5H3/t15-,17+/m1/s1. The number of hydrogen-bond acceptors (Lipinski definition) is 3. The van der Waals surface area contributed by atoms with E-state index in [0.717, 1.165) is 6.42 Å². The van der Waals surface area contributed by atoms with Gasteiger partial charge in [-0.05, 0) is 69.7 Å². The molecule has 0 saturated heterocycles. The monoisotopic (exact) mass is 312 g/mol. The highest BCUT2D eigenvalue weighted by molar-refractivity contribution is 6.69. The van der Waals surface area contributed by atoms with Gasteiger partial charge in [0.05, 0.1) is 5.60 Å². The summed E-state index contributed by atoms with van der Waals surface area (Å²) in [6, 6.07) is 0. The molecule has 0 aromatic heterocycles. The first-order chi connectivity index (χ1) is 9.91. The summed E-state index contributed by atoms with van der Waals surface area (Å²) in [6.07, 6.45) is 10.7. The summed E-state index contributed by atoms with van der Waals surface area (Å²) in [4.78, 5) is 0. The molecule has 0 aromatic rings. The normalized spacial score (nSPS) is 30.2. The molecule has 2 aliphatic rings. The largest absolute Gasteiger partial charge is 0.408 e. The molecular formula is C17H32O3Si. The first-order valence-electron chi connectivity index (χ1n) is 8.36. The Morgan fingerprint density at radius 2 is 1.95 bits per heavy atom. The summed E-state index contributed by atoms with van der Waals surface area (Å²) in [5.74, 6) is 0.526. The number of ether oxygens (including phenoxy) is 2. The molecular weight excluding hydrogens is 280 g/mol. The van der Waals surface area contributed by atoms with Gasteiger partial charge in [-0.25, -0.2) is 0 Å². The van der Waals surface area contributed by atoms with E-state index in [4.69, 9.17) is 13.9 Å². The fraction of sp³-hybridized carbons (Fsp3) is 0.882. The quantitative estimate of drug-likeness (QED) is 0.394. The lowest BCUT2D eigenvalue weighted by molar-refractivity contribution is -0.124. The van der Waals surface area contributed by atoms with E-state index in [0.29, 0.717) is 5.92 Å². The van der Waals surface area contributed by atoms with Crippen molar-refractivity contribution in [2.75, 3.05) is 14.2 Å². The molecule has 122 valence electrons. The van der Waals surface area contributed by atoms with Crippen molar-refractivity contribution >= 4 is 8.32 Å². The SMILES string of the molecule is COC(C[C@H]1CCC[C@]1(O[Si](C)(C)C)C1=CCCC1)OC. The number of rotatable bonds is 7. The molecule has 4 heteroatoms. The first-order valence-corrected chi connectivity index (χ1v) is 11.8. The molecule has 2 rings (SSSR count). The van der Waals surface area contributed by atoms with Gasteiger partial charge in [0, 0.05) is 20.6 Å². The van der Waals surface area contributed by atoms with Crippen LogP contribution in [0.2, 0.25) is 19.6 Å². The minimum absolute atomic E-state index is 0.0315. The molecule has 0 spiro atoms. The van der Waals surface area contributed by atoms with Gasteiger partial charge in [-0.1, -0.05) is 6.08 Å². The molecule has 0 amide bonds. The highest BCUT2D eigenvalue weighted by Crippen LogP contribution is 2.50. The van der Waals surface area contributed by atoms with Crippen LogP contribution in [0.15, 0.2) is 11.6 Å². The van der Waals surface area contributed by atoms with Gasteiger partial charge in [-0.2, -0.15) is 0 Å². The molecule has 0 aliphatic heterocycles. The smallest absolute Gasteiger partial charge is 0.184 e. The summed E-state index contributed by atoms with van der Waals surface area (Å²) in [5, 5.41) is 0. The lowest BCUT2D eigenvalue weighted by atomic mass is 9.81. The minimum atomic E-state index is -1.60. The zero-order valence-corrected chi connectivity index (χ0v) is 15.4. The van der Waals surface area contributed by atoms with Crippen LogP contribution in [-0.2, 0) is 13.9 Å². The van der Waals surface area contributed by atoms with Gasteiger partial charge in [0.25, 0.3) is 0 Å². The highest BCUT2D eigenvalue weighted by atomic mass is 28.4. The molecule has 0 radical (unpaired) electrons. The van der Waals surface area contributed by atoms with Crippen molar-refractivity contribution in [2.45, 2.75) is 76.5 Å². The molecule has 0 heterocycles. The van der Waals surface area contributed by atoms with Gasteiger partial charge in [-0.3, -0.25) is 0 Å². The van der Waals surface area contributed by atoms with Crippen molar-refractivity contribution in [1.82, 2.24) is 0 Å². The van der Waals surface area contributed by atoms with Crippen LogP contribution in [0.1, 0.15) is 44.9 Å². The second-order valence-electron chi connectivity index (χ2n) is 7.45. The second kappa shape index (κ2) is 6.94. The van der Waals surface area contributed by atoms with Gasteiger partial charge in [-0.15, -0.1) is 0 Å². The third-order valence-corrected chi connectivity index (χ3v) is 5.81. The van der Waals surface area contributed by atoms with Gasteiger partial charge < -0.3 is 13.9 Å². The van der Waals surface area contributed by atoms with E-state index in [1.165, 1.54) is 38.5 Å². The number of hydrogen-bond donors (Lipinski definition) is 0. The second-order valence-corrected chi connectivity index (χ2v) is 11.9. The summed E-state index contributed by atoms with van der Waals surface area (Å²) in [5.41, 5.74) is 1.54. The molecule has 1 saturated carbocycles. The topological polar surface area (TPSA) is 27.7 Å². The van der Waals surface area contributed by atoms with Crippen molar-refractivity contribution in [3.63, 3.8) is 0 Å². The molecule has 0 aromatic carbocycles. The molecule has 0 unspecified atom stereocenters. The predicted octanol–water partition coefficient (Wildman–Crippen LogP) is 4.50. The van der Waals surface area contributed by atoms with Gasteiger partial charge in [0.1, 0.15) is 0 Å². The Labute approximate surface area is 131 Å². The van der Waals surface area contributed by atoms with E-state index >= 15 is 0 Å². The van der Waals surface area contributed by atoms with Crippen LogP contribution in [0.4, 0.5) is 0 Å². The Morgan fingerprint density at radius 1 is 1.24 bits per heavy atom. The first kappa shape index (κ1) is 17.2. The average Bonchev–Trinajstić information content (AvgIpc) is 3.04. The molecule has 2 aliphatic carbocycles. The van der Waals surface area contributed by atoms with Gasteiger partial charge in [0.2, 0.25) is 0 Å². The minimum Gasteiger partial charge on any atom is -0.408 e. The summed E-state index contributed by atoms with van der Waals surface area (Å²) in [6.45, 7) is 6.93. The Bertz CT molecular complexity index is 371. The molecule has 3 nitrogen and oxygen atoms in total. The number of allylic oxidation sites excluding steroid dienone is 1. The van der Waals surface area contributed by atoms with E-state index in [1.807, 2.05) is 0 Å². The molecule has 1 fully saturated rings. The molecule has 0 N–H and O–H groups in total. The highest BCUT2D eigenvalue weighted by Gasteiger charge is 2.49. The third-order valence-electron chi connectivity index (χ3n) is 4.84. The van der Waals surface area contributed by atoms with E-state index in [9.17, 15) is 0 Å². The zero-order valence-electron chi connectivity index (χ0n) is 14.4. The Morgan fingerprint density at radius 3 is 2.48 bits per heavy atom. The van der Waals surface area contributed by atoms with Crippen molar-refractivity contribution in [3.05, 3.63) is 11.6 Å². The molecule has 21 heavy (non-hydrogen) atoms. The van der Waals surface area contributed by atoms with Crippen molar-refractivity contribution in [1.29, 1.82) is 0 Å². The van der Waals surface area contributed by atoms with Crippen LogP contribution in [0.5, 0.6) is 0 Å². The van der Waals surface area contributed by atoms with E-state index < -0.39 is 8.32 Å². The van der Waals surface area contributed by atoms with E-state index in [1.54, 1.807) is 19.8 Å². The fourth-order valence-corrected chi connectivity index (χ4v) is 5.59. The van der Waals surface area contributed by atoms with Crippen LogP contribution < -0.4 is 0 Å². The maximum atomic E-state index is 6.83. The lowest BCUT2D eigenvalue weighted by Crippen LogP contribution is -2.47. The van der Waals surface area contributed by atoms with Crippen LogP contribution in [0.3, 0.4) is 0 Å². The lowest BCUT2D eigenvalue weighted by Gasteiger charge is -2.43. The van der Waals surface area contributed by atoms with Crippen LogP contribution in [0.25, 0.3) is 0 Å². The van der Waals surface area contributed by atoms with Crippen molar-refractivity contribution in [2.24, 2.45) is 5.92 Å². The Balaban J connectivity index is 2.24. The third kappa shape index (κ3) is 3.98. The van der Waals surface area contributed by atoms with Crippen molar-refractivity contribution < 1.29 is 13.9 Å². The Hall–Kier alpha value is -0.163. The average molecular weight is 313 g/mol. The predicted molar refractivity (Wildman–Crippen MR) is 88.9 cm³/mol.